The fourth-order valence-corrected chi connectivity index (χ4v) is 2.23. The molecule has 0 amide bonds. The molecule has 4 nitrogen and oxygen atoms in total. The third-order valence-corrected chi connectivity index (χ3v) is 3.41. The molecule has 0 fully saturated rings. The number of halogens is 2. The van der Waals surface area contributed by atoms with Crippen molar-refractivity contribution in [1.29, 1.82) is 0 Å². The summed E-state index contributed by atoms with van der Waals surface area (Å²) in [4.78, 5) is 0. The number of nitrogens with one attached hydrogen (secondary N) is 1. The van der Waals surface area contributed by atoms with Crippen molar-refractivity contribution < 1.29 is 23.4 Å². The Balaban J connectivity index is 2.04. The number of alkyl halides is 2. The van der Waals surface area contributed by atoms with E-state index >= 15 is 0 Å². The third-order valence-electron chi connectivity index (χ3n) is 3.41. The molecule has 2 N–H and O–H groups in total. The zero-order chi connectivity index (χ0) is 16.7. The SMILES string of the molecule is COc1ccc(CNCc2ccccc2CO)c(OC(F)F)c1. The molecule has 124 valence electrons. The van der Waals surface area contributed by atoms with Gasteiger partial charge in [0.2, 0.25) is 0 Å². The number of benzene rings is 2. The van der Waals surface area contributed by atoms with E-state index in [-0.39, 0.29) is 12.4 Å². The minimum Gasteiger partial charge on any atom is -0.497 e. The molecule has 0 spiro atoms. The molecule has 6 heteroatoms. The second kappa shape index (κ2) is 8.45. The van der Waals surface area contributed by atoms with Gasteiger partial charge in [0.25, 0.3) is 0 Å². The number of rotatable bonds is 8. The van der Waals surface area contributed by atoms with E-state index in [1.807, 2.05) is 24.3 Å². The van der Waals surface area contributed by atoms with E-state index in [1.165, 1.54) is 13.2 Å². The highest BCUT2D eigenvalue weighted by Crippen LogP contribution is 2.26. The van der Waals surface area contributed by atoms with Crippen molar-refractivity contribution in [3.05, 3.63) is 59.2 Å². The number of hydrogen-bond acceptors (Lipinski definition) is 4. The minimum atomic E-state index is -2.89. The Kier molecular flexibility index (Phi) is 6.31. The number of hydrogen-bond donors (Lipinski definition) is 2. The molecule has 0 aliphatic rings. The first-order valence-corrected chi connectivity index (χ1v) is 7.14. The summed E-state index contributed by atoms with van der Waals surface area (Å²) in [5.41, 5.74) is 2.39. The topological polar surface area (TPSA) is 50.7 Å². The lowest BCUT2D eigenvalue weighted by molar-refractivity contribution is -0.0505. The lowest BCUT2D eigenvalue weighted by Crippen LogP contribution is -2.15. The maximum absolute atomic E-state index is 12.5. The average Bonchev–Trinajstić information content (AvgIpc) is 2.56. The van der Waals surface area contributed by atoms with Crippen molar-refractivity contribution in [2.24, 2.45) is 0 Å². The molecule has 0 aliphatic heterocycles. The Labute approximate surface area is 133 Å². The molecule has 0 saturated carbocycles. The molecule has 0 bridgehead atoms. The normalized spacial score (nSPS) is 10.8. The Morgan fingerprint density at radius 3 is 2.39 bits per heavy atom. The van der Waals surface area contributed by atoms with Gasteiger partial charge in [0.15, 0.2) is 0 Å². The monoisotopic (exact) mass is 323 g/mol. The van der Waals surface area contributed by atoms with E-state index in [1.54, 1.807) is 12.1 Å². The largest absolute Gasteiger partial charge is 0.497 e. The molecule has 0 radical (unpaired) electrons. The summed E-state index contributed by atoms with van der Waals surface area (Å²) in [6.07, 6.45) is 0. The Morgan fingerprint density at radius 2 is 1.74 bits per heavy atom. The van der Waals surface area contributed by atoms with Gasteiger partial charge in [0, 0.05) is 24.7 Å². The van der Waals surface area contributed by atoms with Crippen LogP contribution >= 0.6 is 0 Å². The van der Waals surface area contributed by atoms with Gasteiger partial charge in [-0.3, -0.25) is 0 Å². The molecule has 2 aromatic carbocycles. The summed E-state index contributed by atoms with van der Waals surface area (Å²) in [6.45, 7) is -2.07. The van der Waals surface area contributed by atoms with Crippen LogP contribution in [0.4, 0.5) is 8.78 Å². The Morgan fingerprint density at radius 1 is 1.04 bits per heavy atom. The molecular formula is C17H19F2NO3. The predicted octanol–water partition coefficient (Wildman–Crippen LogP) is 3.08. The smallest absolute Gasteiger partial charge is 0.387 e. The summed E-state index contributed by atoms with van der Waals surface area (Å²) >= 11 is 0. The van der Waals surface area contributed by atoms with Crippen LogP contribution in [0.25, 0.3) is 0 Å². The van der Waals surface area contributed by atoms with Crippen molar-refractivity contribution in [3.63, 3.8) is 0 Å². The lowest BCUT2D eigenvalue weighted by Gasteiger charge is -2.14. The van der Waals surface area contributed by atoms with E-state index in [2.05, 4.69) is 10.1 Å². The van der Waals surface area contributed by atoms with Crippen molar-refractivity contribution in [1.82, 2.24) is 5.32 Å². The first-order valence-electron chi connectivity index (χ1n) is 7.14. The van der Waals surface area contributed by atoms with Gasteiger partial charge in [0.1, 0.15) is 11.5 Å². The number of aliphatic hydroxyl groups excluding tert-OH is 1. The Hall–Kier alpha value is -2.18. The van der Waals surface area contributed by atoms with Crippen molar-refractivity contribution in [2.45, 2.75) is 26.3 Å². The minimum absolute atomic E-state index is 0.0415. The van der Waals surface area contributed by atoms with Crippen LogP contribution in [-0.4, -0.2) is 18.8 Å². The van der Waals surface area contributed by atoms with Crippen molar-refractivity contribution in [2.75, 3.05) is 7.11 Å². The number of ether oxygens (including phenoxy) is 2. The quantitative estimate of drug-likeness (QED) is 0.784. The molecule has 2 rings (SSSR count). The van der Waals surface area contributed by atoms with Crippen LogP contribution in [0.5, 0.6) is 11.5 Å². The zero-order valence-electron chi connectivity index (χ0n) is 12.8. The molecule has 2 aromatic rings. The predicted molar refractivity (Wildman–Crippen MR) is 82.5 cm³/mol. The van der Waals surface area contributed by atoms with Gasteiger partial charge in [-0.2, -0.15) is 8.78 Å². The summed E-state index contributed by atoms with van der Waals surface area (Å²) in [7, 11) is 1.46. The summed E-state index contributed by atoms with van der Waals surface area (Å²) < 4.78 is 34.6. The summed E-state index contributed by atoms with van der Waals surface area (Å²) in [5.74, 6) is 0.539. The fraction of sp³-hybridized carbons (Fsp3) is 0.294. The lowest BCUT2D eigenvalue weighted by atomic mass is 10.1. The molecular weight excluding hydrogens is 304 g/mol. The molecule has 0 atom stereocenters. The first kappa shape index (κ1) is 17.2. The van der Waals surface area contributed by atoms with E-state index < -0.39 is 6.61 Å². The van der Waals surface area contributed by atoms with Crippen molar-refractivity contribution in [3.8, 4) is 11.5 Å². The maximum Gasteiger partial charge on any atom is 0.387 e. The van der Waals surface area contributed by atoms with Gasteiger partial charge < -0.3 is 19.9 Å². The zero-order valence-corrected chi connectivity index (χ0v) is 12.8. The molecule has 0 aromatic heterocycles. The van der Waals surface area contributed by atoms with Gasteiger partial charge in [-0.05, 0) is 17.2 Å². The van der Waals surface area contributed by atoms with E-state index in [0.717, 1.165) is 11.1 Å². The van der Waals surface area contributed by atoms with Gasteiger partial charge >= 0.3 is 6.61 Å². The molecule has 23 heavy (non-hydrogen) atoms. The maximum atomic E-state index is 12.5. The molecule has 0 aliphatic carbocycles. The Bertz CT molecular complexity index is 635. The highest BCUT2D eigenvalue weighted by atomic mass is 19.3. The second-order valence-corrected chi connectivity index (χ2v) is 4.88. The standard InChI is InChI=1S/C17H19F2NO3/c1-22-15-7-6-13(16(8-15)23-17(18)19)10-20-9-12-4-2-3-5-14(12)11-21/h2-8,17,20-21H,9-11H2,1H3. The number of aliphatic hydroxyl groups is 1. The van der Waals surface area contributed by atoms with E-state index in [0.29, 0.717) is 24.4 Å². The van der Waals surface area contributed by atoms with Crippen LogP contribution in [0, 0.1) is 0 Å². The summed E-state index contributed by atoms with van der Waals surface area (Å²) in [5, 5.41) is 12.5. The van der Waals surface area contributed by atoms with E-state index in [4.69, 9.17) is 4.74 Å². The van der Waals surface area contributed by atoms with E-state index in [9.17, 15) is 13.9 Å². The first-order chi connectivity index (χ1) is 11.1. The van der Waals surface area contributed by atoms with Crippen LogP contribution in [0.1, 0.15) is 16.7 Å². The van der Waals surface area contributed by atoms with Crippen LogP contribution in [0.3, 0.4) is 0 Å². The van der Waals surface area contributed by atoms with Gasteiger partial charge in [-0.15, -0.1) is 0 Å². The molecule has 0 saturated heterocycles. The average molecular weight is 323 g/mol. The molecule has 0 heterocycles. The van der Waals surface area contributed by atoms with Crippen molar-refractivity contribution >= 4 is 0 Å². The van der Waals surface area contributed by atoms with Crippen LogP contribution in [0.15, 0.2) is 42.5 Å². The van der Waals surface area contributed by atoms with Gasteiger partial charge in [-0.25, -0.2) is 0 Å². The van der Waals surface area contributed by atoms with Crippen LogP contribution < -0.4 is 14.8 Å². The fourth-order valence-electron chi connectivity index (χ4n) is 2.23. The molecule has 0 unspecified atom stereocenters. The van der Waals surface area contributed by atoms with Gasteiger partial charge in [-0.1, -0.05) is 30.3 Å². The van der Waals surface area contributed by atoms with Gasteiger partial charge in [0.05, 0.1) is 13.7 Å². The highest BCUT2D eigenvalue weighted by Gasteiger charge is 2.11. The number of methoxy groups -OCH3 is 1. The summed E-state index contributed by atoms with van der Waals surface area (Å²) in [6, 6.07) is 12.3. The second-order valence-electron chi connectivity index (χ2n) is 4.88. The highest BCUT2D eigenvalue weighted by molar-refractivity contribution is 5.40. The third kappa shape index (κ3) is 4.91. The van der Waals surface area contributed by atoms with Crippen LogP contribution in [-0.2, 0) is 19.7 Å². The van der Waals surface area contributed by atoms with Crippen LogP contribution in [0.2, 0.25) is 0 Å².